The van der Waals surface area contributed by atoms with Gasteiger partial charge in [0.25, 0.3) is 0 Å². The lowest BCUT2D eigenvalue weighted by molar-refractivity contribution is -0.149. The number of aryl methyl sites for hydroxylation is 1. The molecule has 2 atom stereocenters. The number of rotatable bonds is 3. The average Bonchev–Trinajstić information content (AvgIpc) is 2.78. The van der Waals surface area contributed by atoms with E-state index in [9.17, 15) is 18.4 Å². The van der Waals surface area contributed by atoms with E-state index in [1.165, 1.54) is 12.1 Å². The third-order valence-electron chi connectivity index (χ3n) is 3.55. The molecule has 1 amide bonds. The molecule has 1 fully saturated rings. The van der Waals surface area contributed by atoms with Crippen LogP contribution in [0.2, 0.25) is 0 Å². The molecule has 1 aliphatic rings. The second-order valence-electron chi connectivity index (χ2n) is 4.68. The largest absolute Gasteiger partial charge is 0.468 e. The summed E-state index contributed by atoms with van der Waals surface area (Å²) >= 11 is 0. The molecule has 0 bridgehead atoms. The van der Waals surface area contributed by atoms with Gasteiger partial charge in [0.05, 0.1) is 7.11 Å². The van der Waals surface area contributed by atoms with Gasteiger partial charge in [0.15, 0.2) is 0 Å². The highest BCUT2D eigenvalue weighted by Gasteiger charge is 2.44. The van der Waals surface area contributed by atoms with Crippen LogP contribution in [-0.2, 0) is 20.7 Å². The lowest BCUT2D eigenvalue weighted by Crippen LogP contribution is -2.28. The number of ether oxygens (including phenoxy) is 1. The number of hydrogen-bond donors (Lipinski definition) is 1. The summed E-state index contributed by atoms with van der Waals surface area (Å²) in [6, 6.07) is 2.46. The maximum Gasteiger partial charge on any atom is 0.318 e. The van der Waals surface area contributed by atoms with Crippen LogP contribution in [0.5, 0.6) is 0 Å². The highest BCUT2D eigenvalue weighted by atomic mass is 19.1. The second kappa shape index (κ2) is 5.56. The van der Waals surface area contributed by atoms with Gasteiger partial charge in [-0.05, 0) is 24.1 Å². The number of hydrogen-bond acceptors (Lipinski definition) is 3. The zero-order chi connectivity index (χ0) is 14.9. The number of halogens is 2. The van der Waals surface area contributed by atoms with Crippen LogP contribution in [0.1, 0.15) is 24.0 Å². The van der Waals surface area contributed by atoms with Crippen molar-refractivity contribution in [3.63, 3.8) is 0 Å². The monoisotopic (exact) mass is 283 g/mol. The predicted molar refractivity (Wildman–Crippen MR) is 67.0 cm³/mol. The Bertz CT molecular complexity index is 536. The minimum absolute atomic E-state index is 0.0118. The zero-order valence-corrected chi connectivity index (χ0v) is 11.2. The van der Waals surface area contributed by atoms with Crippen LogP contribution in [0.4, 0.5) is 8.78 Å². The molecule has 2 rings (SSSR count). The van der Waals surface area contributed by atoms with Crippen LogP contribution in [0, 0.1) is 17.6 Å². The minimum atomic E-state index is -1.21. The highest BCUT2D eigenvalue weighted by Crippen LogP contribution is 2.33. The molecule has 20 heavy (non-hydrogen) atoms. The van der Waals surface area contributed by atoms with E-state index in [1.807, 2.05) is 0 Å². The summed E-state index contributed by atoms with van der Waals surface area (Å²) < 4.78 is 32.7. The zero-order valence-electron chi connectivity index (χ0n) is 11.2. The Morgan fingerprint density at radius 2 is 2.00 bits per heavy atom. The first-order valence-electron chi connectivity index (χ1n) is 6.33. The van der Waals surface area contributed by atoms with Gasteiger partial charge in [0, 0.05) is 18.0 Å². The Hall–Kier alpha value is -1.98. The number of carbonyl (C=O) groups is 2. The summed E-state index contributed by atoms with van der Waals surface area (Å²) in [5.74, 6) is -4.93. The summed E-state index contributed by atoms with van der Waals surface area (Å²) in [5.41, 5.74) is 0.284. The van der Waals surface area contributed by atoms with E-state index in [0.717, 1.165) is 7.11 Å². The molecular formula is C14H15F2NO3. The van der Waals surface area contributed by atoms with Crippen molar-refractivity contribution in [3.8, 4) is 0 Å². The van der Waals surface area contributed by atoms with Gasteiger partial charge in [0.1, 0.15) is 17.6 Å². The Morgan fingerprint density at radius 1 is 1.40 bits per heavy atom. The van der Waals surface area contributed by atoms with Crippen LogP contribution >= 0.6 is 0 Å². The molecule has 0 unspecified atom stereocenters. The maximum absolute atomic E-state index is 14.1. The minimum Gasteiger partial charge on any atom is -0.468 e. The van der Waals surface area contributed by atoms with Crippen LogP contribution in [0.25, 0.3) is 0 Å². The van der Waals surface area contributed by atoms with Gasteiger partial charge < -0.3 is 10.1 Å². The van der Waals surface area contributed by atoms with Crippen LogP contribution in [0.3, 0.4) is 0 Å². The third-order valence-corrected chi connectivity index (χ3v) is 3.55. The summed E-state index contributed by atoms with van der Waals surface area (Å²) in [4.78, 5) is 23.3. The molecule has 0 radical (unpaired) electrons. The molecule has 0 saturated carbocycles. The lowest BCUT2D eigenvalue weighted by Gasteiger charge is -2.17. The lowest BCUT2D eigenvalue weighted by atomic mass is 9.87. The molecule has 108 valence electrons. The summed E-state index contributed by atoms with van der Waals surface area (Å²) in [6.07, 6.45) is 0.496. The van der Waals surface area contributed by atoms with E-state index >= 15 is 0 Å². The Labute approximate surface area is 115 Å². The van der Waals surface area contributed by atoms with Gasteiger partial charge in [-0.2, -0.15) is 0 Å². The van der Waals surface area contributed by atoms with Crippen LogP contribution in [0.15, 0.2) is 12.1 Å². The molecule has 1 N–H and O–H groups in total. The smallest absolute Gasteiger partial charge is 0.318 e. The normalized spacial score (nSPS) is 21.7. The fourth-order valence-electron chi connectivity index (χ4n) is 2.48. The fourth-order valence-corrected chi connectivity index (χ4v) is 2.48. The maximum atomic E-state index is 14.1. The van der Waals surface area contributed by atoms with E-state index in [4.69, 9.17) is 0 Å². The van der Waals surface area contributed by atoms with E-state index in [1.54, 1.807) is 6.92 Å². The second-order valence-corrected chi connectivity index (χ2v) is 4.68. The van der Waals surface area contributed by atoms with Crippen molar-refractivity contribution in [1.82, 2.24) is 5.32 Å². The molecular weight excluding hydrogens is 268 g/mol. The van der Waals surface area contributed by atoms with Crippen molar-refractivity contribution in [3.05, 3.63) is 34.9 Å². The van der Waals surface area contributed by atoms with Gasteiger partial charge in [-0.1, -0.05) is 6.92 Å². The molecule has 1 aromatic carbocycles. The SMILES string of the molecule is CCc1cc(F)c([C@@H]2CNC(=O)[C@H]2C(=O)OC)c(F)c1. The molecule has 0 aromatic heterocycles. The van der Waals surface area contributed by atoms with Gasteiger partial charge in [-0.3, -0.25) is 9.59 Å². The van der Waals surface area contributed by atoms with Crippen LogP contribution < -0.4 is 5.32 Å². The first-order chi connectivity index (χ1) is 9.49. The van der Waals surface area contributed by atoms with Crippen molar-refractivity contribution in [2.45, 2.75) is 19.3 Å². The summed E-state index contributed by atoms with van der Waals surface area (Å²) in [5, 5.41) is 2.44. The summed E-state index contributed by atoms with van der Waals surface area (Å²) in [7, 11) is 1.14. The van der Waals surface area contributed by atoms with Crippen molar-refractivity contribution in [1.29, 1.82) is 0 Å². The first-order valence-corrected chi connectivity index (χ1v) is 6.33. The van der Waals surface area contributed by atoms with Crippen LogP contribution in [-0.4, -0.2) is 25.5 Å². The van der Waals surface area contributed by atoms with Crippen molar-refractivity contribution < 1.29 is 23.1 Å². The molecule has 0 spiro atoms. The number of benzene rings is 1. The van der Waals surface area contributed by atoms with Crippen molar-refractivity contribution in [2.75, 3.05) is 13.7 Å². The molecule has 1 aromatic rings. The molecule has 1 saturated heterocycles. The van der Waals surface area contributed by atoms with Gasteiger partial charge in [-0.15, -0.1) is 0 Å². The number of nitrogens with one attached hydrogen (secondary N) is 1. The van der Waals surface area contributed by atoms with Gasteiger partial charge in [0.2, 0.25) is 5.91 Å². The van der Waals surface area contributed by atoms with E-state index in [0.29, 0.717) is 12.0 Å². The van der Waals surface area contributed by atoms with E-state index in [-0.39, 0.29) is 12.1 Å². The Balaban J connectivity index is 2.45. The number of carbonyl (C=O) groups excluding carboxylic acids is 2. The first kappa shape index (κ1) is 14.4. The molecule has 0 aliphatic carbocycles. The number of esters is 1. The van der Waals surface area contributed by atoms with E-state index < -0.39 is 35.3 Å². The standard InChI is InChI=1S/C14H15F2NO3/c1-3-7-4-9(15)11(10(16)5-7)8-6-17-13(18)12(8)14(19)20-2/h4-5,8,12H,3,6H2,1-2H3,(H,17,18)/t8-,12-/m0/s1. The topological polar surface area (TPSA) is 55.4 Å². The fraction of sp³-hybridized carbons (Fsp3) is 0.429. The van der Waals surface area contributed by atoms with Gasteiger partial charge in [-0.25, -0.2) is 8.78 Å². The predicted octanol–water partition coefficient (Wildman–Crippen LogP) is 1.53. The molecule has 1 aliphatic heterocycles. The van der Waals surface area contributed by atoms with E-state index in [2.05, 4.69) is 10.1 Å². The van der Waals surface area contributed by atoms with Crippen molar-refractivity contribution in [2.24, 2.45) is 5.92 Å². The molecule has 4 nitrogen and oxygen atoms in total. The average molecular weight is 283 g/mol. The molecule has 1 heterocycles. The quantitative estimate of drug-likeness (QED) is 0.676. The Kier molecular flexibility index (Phi) is 4.01. The molecule has 6 heteroatoms. The number of methoxy groups -OCH3 is 1. The highest BCUT2D eigenvalue weighted by molar-refractivity contribution is 6.00. The third kappa shape index (κ3) is 2.37. The summed E-state index contributed by atoms with van der Waals surface area (Å²) in [6.45, 7) is 1.80. The number of amides is 1. The van der Waals surface area contributed by atoms with Gasteiger partial charge >= 0.3 is 5.97 Å². The Morgan fingerprint density at radius 3 is 2.50 bits per heavy atom. The van der Waals surface area contributed by atoms with Crippen molar-refractivity contribution >= 4 is 11.9 Å².